The molecule has 0 unspecified atom stereocenters. The molecule has 2 rings (SSSR count). The Kier molecular flexibility index (Phi) is 5.96. The van der Waals surface area contributed by atoms with Gasteiger partial charge in [-0.15, -0.1) is 0 Å². The molecule has 7 heteroatoms. The van der Waals surface area contributed by atoms with Gasteiger partial charge in [-0.2, -0.15) is 0 Å². The maximum absolute atomic E-state index is 9.64. The minimum Gasteiger partial charge on any atom is -0.380 e. The van der Waals surface area contributed by atoms with Gasteiger partial charge in [0.05, 0.1) is 30.5 Å². The number of aliphatic hydroxyl groups excluding tert-OH is 1. The highest BCUT2D eigenvalue weighted by Crippen LogP contribution is 2.29. The molecule has 2 heterocycles. The summed E-state index contributed by atoms with van der Waals surface area (Å²) < 4.78 is 28.1. The molecule has 7 nitrogen and oxygen atoms in total. The second-order valence-corrected chi connectivity index (χ2v) is 5.76. The number of methoxy groups -OCH3 is 2. The van der Waals surface area contributed by atoms with Crippen LogP contribution in [0.3, 0.4) is 0 Å². The van der Waals surface area contributed by atoms with Gasteiger partial charge in [0, 0.05) is 27.1 Å². The van der Waals surface area contributed by atoms with E-state index in [-0.39, 0.29) is 36.6 Å². The van der Waals surface area contributed by atoms with Crippen molar-refractivity contribution in [3.8, 4) is 0 Å². The summed E-state index contributed by atoms with van der Waals surface area (Å²) in [5.74, 6) is 0. The zero-order valence-electron chi connectivity index (χ0n) is 13.1. The lowest BCUT2D eigenvalue weighted by Crippen LogP contribution is -2.56. The summed E-state index contributed by atoms with van der Waals surface area (Å²) >= 11 is 0. The van der Waals surface area contributed by atoms with Crippen LogP contribution in [0, 0.1) is 0 Å². The summed E-state index contributed by atoms with van der Waals surface area (Å²) in [5, 5.41) is 9.64. The molecule has 0 bridgehead atoms. The van der Waals surface area contributed by atoms with E-state index in [0.29, 0.717) is 12.8 Å². The zero-order valence-corrected chi connectivity index (χ0v) is 13.1. The van der Waals surface area contributed by atoms with Crippen LogP contribution in [0.25, 0.3) is 0 Å². The van der Waals surface area contributed by atoms with Gasteiger partial charge in [0.2, 0.25) is 0 Å². The first-order chi connectivity index (χ1) is 9.96. The molecule has 0 spiro atoms. The molecule has 0 aliphatic carbocycles. The third kappa shape index (κ3) is 3.92. The van der Waals surface area contributed by atoms with Gasteiger partial charge in [0.1, 0.15) is 6.10 Å². The Morgan fingerprint density at radius 3 is 2.29 bits per heavy atom. The highest BCUT2D eigenvalue weighted by atomic mass is 16.7. The van der Waals surface area contributed by atoms with Gasteiger partial charge in [0.15, 0.2) is 12.6 Å². The van der Waals surface area contributed by atoms with Crippen LogP contribution in [0.1, 0.15) is 26.7 Å². The van der Waals surface area contributed by atoms with Crippen LogP contribution in [0.4, 0.5) is 0 Å². The number of hydrogen-bond donors (Lipinski definition) is 2. The maximum atomic E-state index is 9.64. The van der Waals surface area contributed by atoms with Crippen molar-refractivity contribution in [2.75, 3.05) is 14.2 Å². The molecule has 0 saturated carbocycles. The van der Waals surface area contributed by atoms with Crippen LogP contribution >= 0.6 is 0 Å². The van der Waals surface area contributed by atoms with E-state index in [4.69, 9.17) is 29.4 Å². The number of hydrogen-bond acceptors (Lipinski definition) is 7. The minimum absolute atomic E-state index is 0.106. The normalized spacial score (nSPS) is 48.3. The molecule has 2 aliphatic heterocycles. The fraction of sp³-hybridized carbons (Fsp3) is 1.00. The van der Waals surface area contributed by atoms with E-state index in [1.54, 1.807) is 14.2 Å². The summed E-state index contributed by atoms with van der Waals surface area (Å²) in [6.07, 6.45) is -1.39. The second kappa shape index (κ2) is 7.32. The van der Waals surface area contributed by atoms with Crippen LogP contribution in [0.5, 0.6) is 0 Å². The average Bonchev–Trinajstić information content (AvgIpc) is 2.45. The molecular weight excluding hydrogens is 278 g/mol. The molecule has 2 fully saturated rings. The van der Waals surface area contributed by atoms with Crippen LogP contribution in [0.15, 0.2) is 0 Å². The summed E-state index contributed by atoms with van der Waals surface area (Å²) in [7, 11) is 3.24. The largest absolute Gasteiger partial charge is 0.380 e. The Morgan fingerprint density at radius 1 is 1.00 bits per heavy atom. The molecule has 0 amide bonds. The molecule has 2 aliphatic rings. The van der Waals surface area contributed by atoms with Gasteiger partial charge >= 0.3 is 0 Å². The second-order valence-electron chi connectivity index (χ2n) is 5.76. The van der Waals surface area contributed by atoms with Crippen LogP contribution in [-0.2, 0) is 23.7 Å². The van der Waals surface area contributed by atoms with Gasteiger partial charge in [-0.05, 0) is 13.8 Å². The van der Waals surface area contributed by atoms with Crippen molar-refractivity contribution in [3.63, 3.8) is 0 Å². The summed E-state index contributed by atoms with van der Waals surface area (Å²) in [6, 6.07) is -0.171. The minimum atomic E-state index is -0.823. The Labute approximate surface area is 125 Å². The number of rotatable bonds is 4. The molecule has 21 heavy (non-hydrogen) atoms. The van der Waals surface area contributed by atoms with E-state index in [1.165, 1.54) is 0 Å². The first kappa shape index (κ1) is 17.1. The Hall–Kier alpha value is -0.280. The molecular formula is C14H27NO6. The molecule has 8 atom stereocenters. The molecule has 3 N–H and O–H groups in total. The SMILES string of the molecule is CO[C@H]1C[C@H](O[C@H]2[C@H](C)O[C@@H](O)C[C@@H]2OC)O[C@@H](C)[C@H]1N. The van der Waals surface area contributed by atoms with E-state index in [2.05, 4.69) is 0 Å². The van der Waals surface area contributed by atoms with E-state index in [9.17, 15) is 5.11 Å². The van der Waals surface area contributed by atoms with Gasteiger partial charge in [0.25, 0.3) is 0 Å². The molecule has 0 aromatic heterocycles. The molecule has 124 valence electrons. The smallest absolute Gasteiger partial charge is 0.161 e. The maximum Gasteiger partial charge on any atom is 0.161 e. The topological polar surface area (TPSA) is 92.4 Å². The zero-order chi connectivity index (χ0) is 15.6. The molecule has 2 saturated heterocycles. The first-order valence-corrected chi connectivity index (χ1v) is 7.41. The number of nitrogens with two attached hydrogens (primary N) is 1. The van der Waals surface area contributed by atoms with Crippen LogP contribution in [0.2, 0.25) is 0 Å². The van der Waals surface area contributed by atoms with Crippen molar-refractivity contribution >= 4 is 0 Å². The van der Waals surface area contributed by atoms with Gasteiger partial charge in [-0.1, -0.05) is 0 Å². The lowest BCUT2D eigenvalue weighted by atomic mass is 9.99. The van der Waals surface area contributed by atoms with Crippen molar-refractivity contribution in [1.82, 2.24) is 0 Å². The Bertz CT molecular complexity index is 331. The third-order valence-corrected chi connectivity index (χ3v) is 4.31. The third-order valence-electron chi connectivity index (χ3n) is 4.31. The van der Waals surface area contributed by atoms with Crippen LogP contribution in [-0.4, -0.2) is 68.5 Å². The first-order valence-electron chi connectivity index (χ1n) is 7.41. The Balaban J connectivity index is 1.99. The van der Waals surface area contributed by atoms with Crippen molar-refractivity contribution in [2.45, 2.75) is 75.8 Å². The average molecular weight is 305 g/mol. The molecule has 0 radical (unpaired) electrons. The Morgan fingerprint density at radius 2 is 1.67 bits per heavy atom. The van der Waals surface area contributed by atoms with Gasteiger partial charge in [-0.3, -0.25) is 0 Å². The quantitative estimate of drug-likeness (QED) is 0.754. The fourth-order valence-corrected chi connectivity index (χ4v) is 3.00. The predicted octanol–water partition coefficient (Wildman–Crippen LogP) is -0.00900. The van der Waals surface area contributed by atoms with Crippen molar-refractivity contribution in [2.24, 2.45) is 5.73 Å². The van der Waals surface area contributed by atoms with E-state index >= 15 is 0 Å². The standard InChI is InChI=1S/C14H27NO6/c1-7-13(15)9(17-3)6-12(20-7)21-14-8(2)19-11(16)5-10(14)18-4/h7-14,16H,5-6,15H2,1-4H3/t7-,8-,9-,10-,11+,12-,13+,14-/m0/s1. The van der Waals surface area contributed by atoms with Crippen molar-refractivity contribution in [1.29, 1.82) is 0 Å². The lowest BCUT2D eigenvalue weighted by Gasteiger charge is -2.43. The molecule has 0 aromatic carbocycles. The fourth-order valence-electron chi connectivity index (χ4n) is 3.00. The number of aliphatic hydroxyl groups is 1. The van der Waals surface area contributed by atoms with Crippen LogP contribution < -0.4 is 5.73 Å². The van der Waals surface area contributed by atoms with Crippen molar-refractivity contribution < 1.29 is 28.8 Å². The monoisotopic (exact) mass is 305 g/mol. The summed E-state index contributed by atoms with van der Waals surface area (Å²) in [6.45, 7) is 3.76. The summed E-state index contributed by atoms with van der Waals surface area (Å²) in [4.78, 5) is 0. The highest BCUT2D eigenvalue weighted by Gasteiger charge is 2.41. The molecule has 0 aromatic rings. The number of ether oxygens (including phenoxy) is 5. The van der Waals surface area contributed by atoms with E-state index in [0.717, 1.165) is 0 Å². The van der Waals surface area contributed by atoms with E-state index < -0.39 is 12.6 Å². The highest BCUT2D eigenvalue weighted by molar-refractivity contribution is 4.87. The predicted molar refractivity (Wildman–Crippen MR) is 74.6 cm³/mol. The van der Waals surface area contributed by atoms with Crippen molar-refractivity contribution in [3.05, 3.63) is 0 Å². The van der Waals surface area contributed by atoms with E-state index in [1.807, 2.05) is 13.8 Å². The summed E-state index contributed by atoms with van der Waals surface area (Å²) in [5.41, 5.74) is 6.04. The van der Waals surface area contributed by atoms with Gasteiger partial charge in [-0.25, -0.2) is 0 Å². The lowest BCUT2D eigenvalue weighted by molar-refractivity contribution is -0.300. The van der Waals surface area contributed by atoms with Gasteiger partial charge < -0.3 is 34.5 Å².